The van der Waals surface area contributed by atoms with Gasteiger partial charge in [0.05, 0.1) is 18.0 Å². The molecule has 1 rings (SSSR count). The summed E-state index contributed by atoms with van der Waals surface area (Å²) in [6.45, 7) is 9.73. The van der Waals surface area contributed by atoms with Gasteiger partial charge in [0.2, 0.25) is 0 Å². The molecule has 2 N–H and O–H groups in total. The Morgan fingerprint density at radius 2 is 1.81 bits per heavy atom. The van der Waals surface area contributed by atoms with Crippen molar-refractivity contribution in [2.45, 2.75) is 38.6 Å². The second-order valence-corrected chi connectivity index (χ2v) is 8.35. The van der Waals surface area contributed by atoms with E-state index in [9.17, 15) is 8.42 Å². The predicted octanol–water partition coefficient (Wildman–Crippen LogP) is 2.83. The topological polar surface area (TPSA) is 79.8 Å². The molecule has 0 aliphatic rings. The first-order valence-electron chi connectivity index (χ1n) is 8.71. The maximum absolute atomic E-state index is 11.5. The van der Waals surface area contributed by atoms with Crippen molar-refractivity contribution >= 4 is 39.8 Å². The third kappa shape index (κ3) is 11.0. The molecule has 0 fully saturated rings. The predicted molar refractivity (Wildman–Crippen MR) is 118 cm³/mol. The number of halogens is 1. The number of hydrogen-bond donors (Lipinski definition) is 2. The summed E-state index contributed by atoms with van der Waals surface area (Å²) in [7, 11) is -3.16. The second-order valence-electron chi connectivity index (χ2n) is 6.33. The number of aliphatic imine (C=N–C) groups is 1. The van der Waals surface area contributed by atoms with E-state index >= 15 is 0 Å². The second kappa shape index (κ2) is 13.3. The summed E-state index contributed by atoms with van der Waals surface area (Å²) >= 11 is 0. The summed E-state index contributed by atoms with van der Waals surface area (Å²) < 4.78 is 28.5. The smallest absolute Gasteiger partial charge is 0.191 e. The Labute approximate surface area is 175 Å². The van der Waals surface area contributed by atoms with E-state index in [4.69, 9.17) is 4.74 Å². The maximum atomic E-state index is 11.5. The lowest BCUT2D eigenvalue weighted by Crippen LogP contribution is -2.39. The van der Waals surface area contributed by atoms with Crippen LogP contribution in [0.25, 0.3) is 0 Å². The molecule has 0 spiro atoms. The number of ether oxygens (including phenoxy) is 1. The van der Waals surface area contributed by atoms with Crippen LogP contribution >= 0.6 is 24.0 Å². The summed E-state index contributed by atoms with van der Waals surface area (Å²) in [4.78, 5) is 4.83. The fraction of sp³-hybridized carbons (Fsp3) is 0.611. The van der Waals surface area contributed by atoms with Gasteiger partial charge < -0.3 is 15.4 Å². The van der Waals surface area contributed by atoms with E-state index in [1.165, 1.54) is 6.26 Å². The Bertz CT molecular complexity index is 632. The zero-order valence-corrected chi connectivity index (χ0v) is 19.3. The molecule has 1 aromatic rings. The first-order valence-corrected chi connectivity index (χ1v) is 10.6. The van der Waals surface area contributed by atoms with Crippen molar-refractivity contribution in [2.75, 3.05) is 32.6 Å². The monoisotopic (exact) mass is 497 g/mol. The zero-order chi connectivity index (χ0) is 18.7. The molecule has 150 valence electrons. The standard InChI is InChI=1S/C18H31N3O3S.HI/c1-5-19-18(20-11-13-24-12-10-15(2)3)21-14-16-6-8-17(9-7-16)25(4,22)23;/h6-9,15H,5,10-14H2,1-4H3,(H2,19,20,21);1H. The Morgan fingerprint density at radius 1 is 1.15 bits per heavy atom. The van der Waals surface area contributed by atoms with Gasteiger partial charge in [-0.05, 0) is 37.0 Å². The first kappa shape index (κ1) is 25.1. The summed E-state index contributed by atoms with van der Waals surface area (Å²) in [5.41, 5.74) is 0.956. The van der Waals surface area contributed by atoms with Gasteiger partial charge in [0, 0.05) is 26.0 Å². The lowest BCUT2D eigenvalue weighted by molar-refractivity contribution is 0.128. The molecule has 0 heterocycles. The van der Waals surface area contributed by atoms with Crippen molar-refractivity contribution in [3.8, 4) is 0 Å². The normalized spacial score (nSPS) is 12.0. The summed E-state index contributed by atoms with van der Waals surface area (Å²) in [5, 5.41) is 6.42. The Hall–Kier alpha value is -0.870. The molecule has 0 saturated heterocycles. The third-order valence-corrected chi connectivity index (χ3v) is 4.62. The van der Waals surface area contributed by atoms with Gasteiger partial charge in [-0.2, -0.15) is 0 Å². The van der Waals surface area contributed by atoms with Gasteiger partial charge in [0.15, 0.2) is 15.8 Å². The SMILES string of the molecule is CCNC(=NCc1ccc(S(C)(=O)=O)cc1)NCCOCCC(C)C.I. The third-order valence-electron chi connectivity index (χ3n) is 3.49. The quantitative estimate of drug-likeness (QED) is 0.225. The molecule has 0 bridgehead atoms. The van der Waals surface area contributed by atoms with Gasteiger partial charge in [0.1, 0.15) is 0 Å². The van der Waals surface area contributed by atoms with Crippen LogP contribution in [0.5, 0.6) is 0 Å². The fourth-order valence-corrected chi connectivity index (χ4v) is 2.65. The Balaban J connectivity index is 0.00000625. The molecule has 0 radical (unpaired) electrons. The number of hydrogen-bond acceptors (Lipinski definition) is 4. The molecule has 0 unspecified atom stereocenters. The lowest BCUT2D eigenvalue weighted by Gasteiger charge is -2.12. The van der Waals surface area contributed by atoms with E-state index < -0.39 is 9.84 Å². The van der Waals surface area contributed by atoms with Crippen molar-refractivity contribution in [1.29, 1.82) is 0 Å². The average molecular weight is 497 g/mol. The minimum atomic E-state index is -3.16. The van der Waals surface area contributed by atoms with Gasteiger partial charge >= 0.3 is 0 Å². The summed E-state index contributed by atoms with van der Waals surface area (Å²) in [5.74, 6) is 1.38. The van der Waals surface area contributed by atoms with Crippen LogP contribution in [0.4, 0.5) is 0 Å². The zero-order valence-electron chi connectivity index (χ0n) is 16.1. The van der Waals surface area contributed by atoms with Crippen LogP contribution in [-0.4, -0.2) is 46.9 Å². The maximum Gasteiger partial charge on any atom is 0.191 e. The van der Waals surface area contributed by atoms with Crippen molar-refractivity contribution in [2.24, 2.45) is 10.9 Å². The molecule has 0 aliphatic carbocycles. The highest BCUT2D eigenvalue weighted by Gasteiger charge is 2.06. The number of nitrogens with one attached hydrogen (secondary N) is 2. The number of rotatable bonds is 10. The molecule has 0 atom stereocenters. The van der Waals surface area contributed by atoms with Gasteiger partial charge in [-0.25, -0.2) is 13.4 Å². The van der Waals surface area contributed by atoms with E-state index in [2.05, 4.69) is 29.5 Å². The molecule has 8 heteroatoms. The van der Waals surface area contributed by atoms with E-state index in [0.29, 0.717) is 30.5 Å². The van der Waals surface area contributed by atoms with Crippen LogP contribution in [0.15, 0.2) is 34.2 Å². The van der Waals surface area contributed by atoms with Crippen LogP contribution in [-0.2, 0) is 21.1 Å². The highest BCUT2D eigenvalue weighted by molar-refractivity contribution is 14.0. The van der Waals surface area contributed by atoms with Crippen LogP contribution in [0.1, 0.15) is 32.8 Å². The van der Waals surface area contributed by atoms with Gasteiger partial charge in [0.25, 0.3) is 0 Å². The van der Waals surface area contributed by atoms with Crippen LogP contribution in [0.3, 0.4) is 0 Å². The van der Waals surface area contributed by atoms with Crippen molar-refractivity contribution in [3.05, 3.63) is 29.8 Å². The number of benzene rings is 1. The molecule has 0 saturated carbocycles. The van der Waals surface area contributed by atoms with Crippen molar-refractivity contribution in [3.63, 3.8) is 0 Å². The molecular formula is C18H32IN3O3S. The van der Waals surface area contributed by atoms with Gasteiger partial charge in [-0.1, -0.05) is 26.0 Å². The van der Waals surface area contributed by atoms with Crippen LogP contribution in [0, 0.1) is 5.92 Å². The summed E-state index contributed by atoms with van der Waals surface area (Å²) in [6, 6.07) is 6.81. The molecule has 0 aromatic heterocycles. The molecular weight excluding hydrogens is 465 g/mol. The highest BCUT2D eigenvalue weighted by Crippen LogP contribution is 2.10. The minimum absolute atomic E-state index is 0. The van der Waals surface area contributed by atoms with Crippen LogP contribution in [0.2, 0.25) is 0 Å². The number of guanidine groups is 1. The van der Waals surface area contributed by atoms with Crippen molar-refractivity contribution in [1.82, 2.24) is 10.6 Å². The Kier molecular flexibility index (Phi) is 12.9. The Morgan fingerprint density at radius 3 is 2.35 bits per heavy atom. The number of sulfone groups is 1. The average Bonchev–Trinajstić information content (AvgIpc) is 2.55. The molecule has 26 heavy (non-hydrogen) atoms. The fourth-order valence-electron chi connectivity index (χ4n) is 2.02. The van der Waals surface area contributed by atoms with Gasteiger partial charge in [-0.3, -0.25) is 0 Å². The molecule has 1 aromatic carbocycles. The van der Waals surface area contributed by atoms with Crippen LogP contribution < -0.4 is 10.6 Å². The lowest BCUT2D eigenvalue weighted by atomic mass is 10.1. The van der Waals surface area contributed by atoms with E-state index in [-0.39, 0.29) is 24.0 Å². The number of nitrogens with zero attached hydrogens (tertiary/aromatic N) is 1. The molecule has 0 amide bonds. The largest absolute Gasteiger partial charge is 0.380 e. The van der Waals surface area contributed by atoms with Gasteiger partial charge in [-0.15, -0.1) is 24.0 Å². The van der Waals surface area contributed by atoms with Crippen molar-refractivity contribution < 1.29 is 13.2 Å². The van der Waals surface area contributed by atoms with E-state index in [0.717, 1.165) is 31.1 Å². The molecule has 0 aliphatic heterocycles. The summed E-state index contributed by atoms with van der Waals surface area (Å²) in [6.07, 6.45) is 2.27. The first-order chi connectivity index (χ1) is 11.8. The highest BCUT2D eigenvalue weighted by atomic mass is 127. The molecule has 6 nitrogen and oxygen atoms in total. The van der Waals surface area contributed by atoms with E-state index in [1.54, 1.807) is 24.3 Å². The minimum Gasteiger partial charge on any atom is -0.380 e. The van der Waals surface area contributed by atoms with E-state index in [1.807, 2.05) is 6.92 Å².